The summed E-state index contributed by atoms with van der Waals surface area (Å²) < 4.78 is 6.90. The van der Waals surface area contributed by atoms with Crippen LogP contribution >= 0.6 is 0 Å². The number of carbonyl (C=O) groups excluding carboxylic acids is 2. The van der Waals surface area contributed by atoms with E-state index in [2.05, 4.69) is 44.5 Å². The summed E-state index contributed by atoms with van der Waals surface area (Å²) in [6.07, 6.45) is 7.52. The highest BCUT2D eigenvalue weighted by Gasteiger charge is 2.20. The molecule has 168 valence electrons. The molecule has 0 radical (unpaired) electrons. The highest BCUT2D eigenvalue weighted by atomic mass is 16.3. The first-order chi connectivity index (χ1) is 15.9. The average molecular weight is 446 g/mol. The van der Waals surface area contributed by atoms with Crippen LogP contribution in [0.1, 0.15) is 34.8 Å². The second-order valence-corrected chi connectivity index (χ2v) is 7.61. The van der Waals surface area contributed by atoms with E-state index in [0.29, 0.717) is 23.0 Å². The van der Waals surface area contributed by atoms with Crippen LogP contribution < -0.4 is 16.4 Å². The minimum atomic E-state index is -0.785. The Morgan fingerprint density at radius 1 is 1.24 bits per heavy atom. The van der Waals surface area contributed by atoms with Crippen LogP contribution in [0.2, 0.25) is 0 Å². The third kappa shape index (κ3) is 5.03. The molecule has 0 aliphatic rings. The molecule has 4 aromatic rings. The molecule has 4 heterocycles. The normalized spacial score (nSPS) is 10.9. The second-order valence-electron chi connectivity index (χ2n) is 7.61. The summed E-state index contributed by atoms with van der Waals surface area (Å²) in [7, 11) is 0. The molecule has 4 aromatic heterocycles. The van der Waals surface area contributed by atoms with Crippen LogP contribution in [0.4, 0.5) is 11.5 Å². The fraction of sp³-hybridized carbons (Fsp3) is 0.182. The topological polar surface area (TPSA) is 154 Å². The Morgan fingerprint density at radius 2 is 2.09 bits per heavy atom. The van der Waals surface area contributed by atoms with E-state index < -0.39 is 11.8 Å². The van der Waals surface area contributed by atoms with Gasteiger partial charge in [-0.25, -0.2) is 14.6 Å². The summed E-state index contributed by atoms with van der Waals surface area (Å²) in [6, 6.07) is 6.99. The Hall–Kier alpha value is -4.54. The summed E-state index contributed by atoms with van der Waals surface area (Å²) in [5.74, 6) is 0.0355. The van der Waals surface area contributed by atoms with Crippen LogP contribution in [-0.4, -0.2) is 43.1 Å². The van der Waals surface area contributed by atoms with Gasteiger partial charge >= 0.3 is 0 Å². The highest BCUT2D eigenvalue weighted by Crippen LogP contribution is 2.22. The molecule has 11 heteroatoms. The molecule has 0 saturated heterocycles. The van der Waals surface area contributed by atoms with E-state index in [1.165, 1.54) is 17.1 Å². The molecule has 0 saturated carbocycles. The number of carbonyl (C=O) groups is 2. The molecular formula is C22H22N8O3. The Balaban J connectivity index is 1.53. The fourth-order valence-electron chi connectivity index (χ4n) is 2.93. The smallest absolute Gasteiger partial charge is 0.277 e. The van der Waals surface area contributed by atoms with Crippen molar-refractivity contribution in [2.24, 2.45) is 11.7 Å². The average Bonchev–Trinajstić information content (AvgIpc) is 3.46. The molecular weight excluding hydrogens is 424 g/mol. The van der Waals surface area contributed by atoms with Crippen molar-refractivity contribution in [2.75, 3.05) is 17.2 Å². The van der Waals surface area contributed by atoms with E-state index in [9.17, 15) is 9.59 Å². The Kier molecular flexibility index (Phi) is 6.11. The molecule has 4 N–H and O–H groups in total. The van der Waals surface area contributed by atoms with Crippen LogP contribution in [0.3, 0.4) is 0 Å². The summed E-state index contributed by atoms with van der Waals surface area (Å²) in [5, 5.41) is 10.00. The van der Waals surface area contributed by atoms with E-state index in [0.717, 1.165) is 6.54 Å². The zero-order chi connectivity index (χ0) is 23.4. The second kappa shape index (κ2) is 9.30. The molecule has 0 bridgehead atoms. The minimum absolute atomic E-state index is 0.0306. The maximum Gasteiger partial charge on any atom is 0.277 e. The van der Waals surface area contributed by atoms with Gasteiger partial charge < -0.3 is 20.8 Å². The predicted molar refractivity (Wildman–Crippen MR) is 121 cm³/mol. The number of amides is 2. The zero-order valence-corrected chi connectivity index (χ0v) is 18.0. The molecule has 0 spiro atoms. The van der Waals surface area contributed by atoms with Crippen molar-refractivity contribution in [1.82, 2.24) is 24.7 Å². The first-order valence-corrected chi connectivity index (χ1v) is 10.2. The Labute approximate surface area is 189 Å². The first-order valence-electron chi connectivity index (χ1n) is 10.2. The minimum Gasteiger partial charge on any atom is -0.444 e. The van der Waals surface area contributed by atoms with Crippen LogP contribution in [0.15, 0.2) is 59.7 Å². The van der Waals surface area contributed by atoms with Crippen molar-refractivity contribution < 1.29 is 14.0 Å². The number of nitrogens with zero attached hydrogens (tertiary/aromatic N) is 5. The van der Waals surface area contributed by atoms with Gasteiger partial charge in [0.2, 0.25) is 5.89 Å². The number of hydrogen-bond acceptors (Lipinski definition) is 8. The van der Waals surface area contributed by atoms with Gasteiger partial charge in [-0.2, -0.15) is 5.10 Å². The van der Waals surface area contributed by atoms with Gasteiger partial charge in [0.1, 0.15) is 12.1 Å². The third-order valence-corrected chi connectivity index (χ3v) is 4.54. The summed E-state index contributed by atoms with van der Waals surface area (Å²) >= 11 is 0. The zero-order valence-electron chi connectivity index (χ0n) is 18.0. The summed E-state index contributed by atoms with van der Waals surface area (Å²) in [5.41, 5.74) is 6.78. The van der Waals surface area contributed by atoms with Crippen molar-refractivity contribution in [3.8, 4) is 17.1 Å². The monoisotopic (exact) mass is 446 g/mol. The molecule has 11 nitrogen and oxygen atoms in total. The molecule has 4 rings (SSSR count). The number of oxazole rings is 1. The van der Waals surface area contributed by atoms with Crippen LogP contribution in [0, 0.1) is 5.92 Å². The number of aromatic nitrogens is 5. The van der Waals surface area contributed by atoms with E-state index in [1.807, 2.05) is 0 Å². The number of nitrogens with two attached hydrogens (primary N) is 1. The maximum absolute atomic E-state index is 12.8. The molecule has 0 aromatic carbocycles. The number of rotatable bonds is 8. The number of anilines is 2. The lowest BCUT2D eigenvalue weighted by molar-refractivity contribution is 0.0996. The largest absolute Gasteiger partial charge is 0.444 e. The van der Waals surface area contributed by atoms with E-state index in [-0.39, 0.29) is 23.0 Å². The quantitative estimate of drug-likeness (QED) is 0.373. The van der Waals surface area contributed by atoms with Crippen molar-refractivity contribution in [3.63, 3.8) is 0 Å². The maximum atomic E-state index is 12.8. The van der Waals surface area contributed by atoms with Gasteiger partial charge in [-0.1, -0.05) is 13.8 Å². The van der Waals surface area contributed by atoms with Crippen molar-refractivity contribution in [2.45, 2.75) is 13.8 Å². The Bertz CT molecular complexity index is 1280. The molecule has 0 fully saturated rings. The number of pyridine rings is 2. The van der Waals surface area contributed by atoms with Gasteiger partial charge in [-0.3, -0.25) is 14.6 Å². The third-order valence-electron chi connectivity index (χ3n) is 4.54. The predicted octanol–water partition coefficient (Wildman–Crippen LogP) is 2.74. The lowest BCUT2D eigenvalue weighted by atomic mass is 10.2. The van der Waals surface area contributed by atoms with Gasteiger partial charge in [0.05, 0.1) is 23.8 Å². The first kappa shape index (κ1) is 21.7. The van der Waals surface area contributed by atoms with Gasteiger partial charge in [-0.15, -0.1) is 0 Å². The SMILES string of the molecule is CC(C)CNc1cc(-c2nc(C(=O)Nc3cn(-c4cccnc4)nc3C(N)=O)co2)ccn1. The van der Waals surface area contributed by atoms with E-state index in [1.54, 1.807) is 42.9 Å². The summed E-state index contributed by atoms with van der Waals surface area (Å²) in [6.45, 7) is 4.96. The van der Waals surface area contributed by atoms with Gasteiger partial charge in [0.15, 0.2) is 11.4 Å². The van der Waals surface area contributed by atoms with E-state index in [4.69, 9.17) is 10.2 Å². The molecule has 0 aliphatic heterocycles. The lowest BCUT2D eigenvalue weighted by Gasteiger charge is -2.08. The molecule has 0 aliphatic carbocycles. The van der Waals surface area contributed by atoms with Gasteiger partial charge in [-0.05, 0) is 30.2 Å². The van der Waals surface area contributed by atoms with Crippen molar-refractivity contribution >= 4 is 23.3 Å². The molecule has 0 unspecified atom stereocenters. The van der Waals surface area contributed by atoms with Gasteiger partial charge in [0.25, 0.3) is 11.8 Å². The standard InChI is InChI=1S/C22H22N8O3/c1-13(2)9-26-18-8-14(5-7-25-18)22-28-17(12-33-22)21(32)27-16-11-30(29-19(16)20(23)31)15-4-3-6-24-10-15/h3-8,10-13H,9H2,1-2H3,(H2,23,31)(H,25,26)(H,27,32). The number of primary amides is 1. The number of nitrogens with one attached hydrogen (secondary N) is 2. The van der Waals surface area contributed by atoms with Crippen molar-refractivity contribution in [3.05, 3.63) is 66.7 Å². The number of hydrogen-bond donors (Lipinski definition) is 3. The fourth-order valence-corrected chi connectivity index (χ4v) is 2.93. The van der Waals surface area contributed by atoms with Crippen LogP contribution in [-0.2, 0) is 0 Å². The van der Waals surface area contributed by atoms with Crippen LogP contribution in [0.25, 0.3) is 17.1 Å². The highest BCUT2D eigenvalue weighted by molar-refractivity contribution is 6.07. The molecule has 33 heavy (non-hydrogen) atoms. The molecule has 2 amide bonds. The molecule has 0 atom stereocenters. The van der Waals surface area contributed by atoms with Crippen LogP contribution in [0.5, 0.6) is 0 Å². The van der Waals surface area contributed by atoms with Gasteiger partial charge in [0, 0.05) is 24.5 Å². The lowest BCUT2D eigenvalue weighted by Crippen LogP contribution is -2.18. The van der Waals surface area contributed by atoms with Crippen molar-refractivity contribution in [1.29, 1.82) is 0 Å². The van der Waals surface area contributed by atoms with E-state index >= 15 is 0 Å². The Morgan fingerprint density at radius 3 is 2.82 bits per heavy atom. The summed E-state index contributed by atoms with van der Waals surface area (Å²) in [4.78, 5) is 37.1.